The summed E-state index contributed by atoms with van der Waals surface area (Å²) < 4.78 is 11.6. The lowest BCUT2D eigenvalue weighted by atomic mass is 10.5. The molecule has 5 heavy (non-hydrogen) atoms. The normalized spacial score (nSPS) is 25.8. The van der Waals surface area contributed by atoms with Gasteiger partial charge in [0.15, 0.2) is 0 Å². The Hall–Kier alpha value is 0.147. The number of hydrogen-bond acceptors (Lipinski definition) is 0. The monoisotopic (exact) mass is 89.0 g/mol. The highest BCUT2D eigenvalue weighted by Gasteiger charge is 2.19. The van der Waals surface area contributed by atoms with Gasteiger partial charge in [0.2, 0.25) is 0 Å². The lowest BCUT2D eigenvalue weighted by molar-refractivity contribution is 0.730. The molecule has 1 radical (unpaired) electrons. The first kappa shape index (κ1) is 3.34. The summed E-state index contributed by atoms with van der Waals surface area (Å²) in [5.74, 6) is 0. The average molecular weight is 89.2 g/mol. The topological polar surface area (TPSA) is 0 Å². The first-order chi connectivity index (χ1) is 2.39. The van der Waals surface area contributed by atoms with Crippen molar-refractivity contribution in [1.82, 2.24) is 0 Å². The van der Waals surface area contributed by atoms with E-state index < -0.39 is 9.13 Å². The molecule has 0 amide bonds. The summed E-state index contributed by atoms with van der Waals surface area (Å²) in [7, 11) is -1.19. The smallest absolute Gasteiger partial charge is 0.270 e. The Labute approximate surface area is 32.8 Å². The van der Waals surface area contributed by atoms with Gasteiger partial charge >= 0.3 is 0 Å². The summed E-state index contributed by atoms with van der Waals surface area (Å²) in [6, 6.07) is 1.84. The highest BCUT2D eigenvalue weighted by Crippen LogP contribution is 2.19. The van der Waals surface area contributed by atoms with Gasteiger partial charge in [0.05, 0.1) is 0 Å². The highest BCUT2D eigenvalue weighted by atomic mass is 28.3. The predicted octanol–water partition coefficient (Wildman–Crippen LogP) is 1.35. The lowest BCUT2D eigenvalue weighted by Gasteiger charge is -2.10. The molecule has 0 atom stereocenters. The molecule has 0 aromatic carbocycles. The van der Waals surface area contributed by atoms with Crippen LogP contribution in [0, 0.1) is 0 Å². The lowest BCUT2D eigenvalue weighted by Crippen LogP contribution is -2.13. The van der Waals surface area contributed by atoms with Crippen molar-refractivity contribution in [3.63, 3.8) is 0 Å². The zero-order valence-corrected chi connectivity index (χ0v) is 4.00. The van der Waals surface area contributed by atoms with Crippen LogP contribution in [-0.2, 0) is 0 Å². The van der Waals surface area contributed by atoms with E-state index in [9.17, 15) is 4.11 Å². The molecule has 1 aliphatic rings. The molecule has 0 aromatic heterocycles. The molecule has 2 heteroatoms. The van der Waals surface area contributed by atoms with E-state index in [0.717, 1.165) is 18.5 Å². The Morgan fingerprint density at radius 2 is 1.80 bits per heavy atom. The summed E-state index contributed by atoms with van der Waals surface area (Å²) in [6.07, 6.45) is 1.16. The third-order valence-electron chi connectivity index (χ3n) is 0.896. The molecular formula is C3H6FSi. The molecule has 0 N–H and O–H groups in total. The fourth-order valence-electron chi connectivity index (χ4n) is 0.310. The molecule has 0 bridgehead atoms. The van der Waals surface area contributed by atoms with Gasteiger partial charge < -0.3 is 4.11 Å². The first-order valence-corrected chi connectivity index (χ1v) is 3.69. The third-order valence-corrected chi connectivity index (χ3v) is 2.69. The summed E-state index contributed by atoms with van der Waals surface area (Å²) >= 11 is 0. The molecular weight excluding hydrogens is 83.1 g/mol. The number of halogens is 1. The maximum absolute atomic E-state index is 11.6. The molecule has 0 nitrogen and oxygen atoms in total. The molecule has 29 valence electrons. The fourth-order valence-corrected chi connectivity index (χ4v) is 0.931. The Kier molecular flexibility index (Phi) is 0.726. The van der Waals surface area contributed by atoms with E-state index in [0.29, 0.717) is 0 Å². The third kappa shape index (κ3) is 0.506. The zero-order chi connectivity index (χ0) is 3.70. The van der Waals surface area contributed by atoms with E-state index in [1.807, 2.05) is 0 Å². The van der Waals surface area contributed by atoms with E-state index in [2.05, 4.69) is 0 Å². The molecule has 0 saturated carbocycles. The van der Waals surface area contributed by atoms with Crippen molar-refractivity contribution in [2.24, 2.45) is 0 Å². The van der Waals surface area contributed by atoms with Gasteiger partial charge in [-0.05, 0) is 12.1 Å². The highest BCUT2D eigenvalue weighted by molar-refractivity contribution is 6.54. The van der Waals surface area contributed by atoms with Gasteiger partial charge in [0, 0.05) is 0 Å². The van der Waals surface area contributed by atoms with Crippen LogP contribution < -0.4 is 0 Å². The van der Waals surface area contributed by atoms with E-state index in [1.165, 1.54) is 0 Å². The summed E-state index contributed by atoms with van der Waals surface area (Å²) in [4.78, 5) is 0. The van der Waals surface area contributed by atoms with Crippen molar-refractivity contribution >= 4 is 9.13 Å². The summed E-state index contributed by atoms with van der Waals surface area (Å²) in [5, 5.41) is 0. The second kappa shape index (κ2) is 1.09. The molecule has 0 unspecified atom stereocenters. The zero-order valence-electron chi connectivity index (χ0n) is 3.00. The molecule has 0 spiro atoms. The SMILES string of the molecule is F[Si]1CCC1. The molecule has 1 saturated heterocycles. The minimum atomic E-state index is -1.19. The van der Waals surface area contributed by atoms with Crippen LogP contribution in [0.1, 0.15) is 6.42 Å². The van der Waals surface area contributed by atoms with Crippen LogP contribution in [0.2, 0.25) is 12.1 Å². The van der Waals surface area contributed by atoms with Crippen LogP contribution in [0.3, 0.4) is 0 Å². The van der Waals surface area contributed by atoms with Crippen LogP contribution in [0.5, 0.6) is 0 Å². The van der Waals surface area contributed by atoms with Crippen molar-refractivity contribution in [3.8, 4) is 0 Å². The van der Waals surface area contributed by atoms with Gasteiger partial charge in [-0.15, -0.1) is 0 Å². The predicted molar refractivity (Wildman–Crippen MR) is 21.1 cm³/mol. The van der Waals surface area contributed by atoms with E-state index in [1.54, 1.807) is 0 Å². The van der Waals surface area contributed by atoms with Crippen LogP contribution >= 0.6 is 0 Å². The Morgan fingerprint density at radius 1 is 1.40 bits per heavy atom. The number of hydrogen-bond donors (Lipinski definition) is 0. The number of rotatable bonds is 0. The molecule has 0 aliphatic carbocycles. The van der Waals surface area contributed by atoms with Gasteiger partial charge in [-0.3, -0.25) is 0 Å². The van der Waals surface area contributed by atoms with Crippen molar-refractivity contribution in [2.45, 2.75) is 18.5 Å². The minimum absolute atomic E-state index is 0.921. The largest absolute Gasteiger partial charge is 0.314 e. The summed E-state index contributed by atoms with van der Waals surface area (Å²) in [6.45, 7) is 0. The quantitative estimate of drug-likeness (QED) is 0.310. The molecule has 1 fully saturated rings. The van der Waals surface area contributed by atoms with Gasteiger partial charge in [0.1, 0.15) is 0 Å². The van der Waals surface area contributed by atoms with Gasteiger partial charge in [-0.1, -0.05) is 6.42 Å². The molecule has 1 rings (SSSR count). The van der Waals surface area contributed by atoms with Crippen molar-refractivity contribution in [1.29, 1.82) is 0 Å². The van der Waals surface area contributed by atoms with Crippen LogP contribution in [0.15, 0.2) is 0 Å². The minimum Gasteiger partial charge on any atom is -0.314 e. The van der Waals surface area contributed by atoms with Crippen molar-refractivity contribution in [3.05, 3.63) is 0 Å². The molecule has 1 heterocycles. The summed E-state index contributed by atoms with van der Waals surface area (Å²) in [5.41, 5.74) is 0. The van der Waals surface area contributed by atoms with Gasteiger partial charge in [0.25, 0.3) is 9.13 Å². The maximum atomic E-state index is 11.6. The van der Waals surface area contributed by atoms with Gasteiger partial charge in [-0.2, -0.15) is 0 Å². The average Bonchev–Trinajstić information content (AvgIpc) is 1.30. The molecule has 1 aliphatic heterocycles. The van der Waals surface area contributed by atoms with Crippen molar-refractivity contribution < 1.29 is 4.11 Å². The first-order valence-electron chi connectivity index (χ1n) is 1.90. The van der Waals surface area contributed by atoms with E-state index >= 15 is 0 Å². The van der Waals surface area contributed by atoms with Gasteiger partial charge in [-0.25, -0.2) is 0 Å². The van der Waals surface area contributed by atoms with E-state index in [4.69, 9.17) is 0 Å². The second-order valence-corrected chi connectivity index (χ2v) is 3.41. The Bertz CT molecular complexity index is 33.9. The van der Waals surface area contributed by atoms with Crippen molar-refractivity contribution in [2.75, 3.05) is 0 Å². The molecule has 0 aromatic rings. The Balaban J connectivity index is 2.08. The Morgan fingerprint density at radius 3 is 1.80 bits per heavy atom. The van der Waals surface area contributed by atoms with E-state index in [-0.39, 0.29) is 0 Å². The fraction of sp³-hybridized carbons (Fsp3) is 1.00. The van der Waals surface area contributed by atoms with Crippen LogP contribution in [0.25, 0.3) is 0 Å². The van der Waals surface area contributed by atoms with Crippen LogP contribution in [0.4, 0.5) is 4.11 Å². The maximum Gasteiger partial charge on any atom is 0.270 e. The van der Waals surface area contributed by atoms with Crippen LogP contribution in [-0.4, -0.2) is 9.13 Å². The second-order valence-electron chi connectivity index (χ2n) is 1.37. The standard InChI is InChI=1S/C3H6FSi/c4-5-2-1-3-5/h1-3H2.